The molecule has 0 fully saturated rings. The average molecular weight is 483 g/mol. The Labute approximate surface area is 189 Å². The second kappa shape index (κ2) is 10.6. The van der Waals surface area contributed by atoms with Crippen molar-refractivity contribution in [2.45, 2.75) is 20.0 Å². The first-order valence-corrected chi connectivity index (χ1v) is 10.5. The molecule has 0 saturated heterocycles. The summed E-state index contributed by atoms with van der Waals surface area (Å²) in [5.74, 6) is 0.175. The van der Waals surface area contributed by atoms with Gasteiger partial charge in [0.25, 0.3) is 11.8 Å². The molecule has 0 bridgehead atoms. The van der Waals surface area contributed by atoms with E-state index in [1.807, 2.05) is 61.5 Å². The van der Waals surface area contributed by atoms with Crippen molar-refractivity contribution in [3.63, 3.8) is 0 Å². The molecule has 1 atom stereocenters. The van der Waals surface area contributed by atoms with Crippen LogP contribution < -0.4 is 20.3 Å². The number of halogens is 1. The predicted octanol–water partition coefficient (Wildman–Crippen LogP) is 4.42. The Morgan fingerprint density at radius 2 is 1.55 bits per heavy atom. The lowest BCUT2D eigenvalue weighted by Crippen LogP contribution is -2.48. The smallest absolute Gasteiger partial charge is 0.279 e. The highest BCUT2D eigenvalue weighted by molar-refractivity contribution is 9.10. The fourth-order valence-corrected chi connectivity index (χ4v) is 2.99. The third-order valence-electron chi connectivity index (χ3n) is 4.47. The highest BCUT2D eigenvalue weighted by atomic mass is 79.9. The van der Waals surface area contributed by atoms with E-state index in [9.17, 15) is 9.59 Å². The molecule has 0 aliphatic rings. The molecule has 0 aliphatic heterocycles. The number of hydrogen-bond donors (Lipinski definition) is 2. The summed E-state index contributed by atoms with van der Waals surface area (Å²) in [6.45, 7) is 3.30. The summed E-state index contributed by atoms with van der Waals surface area (Å²) >= 11 is 3.41. The van der Waals surface area contributed by atoms with E-state index in [1.54, 1.807) is 25.1 Å². The highest BCUT2D eigenvalue weighted by Gasteiger charge is 2.15. The molecule has 0 saturated carbocycles. The minimum atomic E-state index is -0.794. The number of amides is 2. The summed E-state index contributed by atoms with van der Waals surface area (Å²) in [4.78, 5) is 24.1. The zero-order chi connectivity index (χ0) is 22.2. The van der Waals surface area contributed by atoms with Gasteiger partial charge in [-0.1, -0.05) is 58.4 Å². The van der Waals surface area contributed by atoms with Crippen LogP contribution in [0.4, 0.5) is 0 Å². The SMILES string of the molecule is Cc1cc(OCC(=O)NNC(=O)C(C)Oc2ccc(-c3ccccc3)cc2)ccc1Br. The quantitative estimate of drug-likeness (QED) is 0.488. The molecule has 3 aromatic rings. The number of hydrogen-bond acceptors (Lipinski definition) is 4. The second-order valence-corrected chi connectivity index (χ2v) is 7.74. The van der Waals surface area contributed by atoms with Crippen LogP contribution >= 0.6 is 15.9 Å². The van der Waals surface area contributed by atoms with Crippen LogP contribution in [0, 0.1) is 6.92 Å². The number of carbonyl (C=O) groups excluding carboxylic acids is 2. The Bertz CT molecular complexity index is 1040. The van der Waals surface area contributed by atoms with Crippen LogP contribution in [0.2, 0.25) is 0 Å². The van der Waals surface area contributed by atoms with Gasteiger partial charge in [0.15, 0.2) is 12.7 Å². The van der Waals surface area contributed by atoms with Crippen molar-refractivity contribution in [2.24, 2.45) is 0 Å². The van der Waals surface area contributed by atoms with Gasteiger partial charge in [0.2, 0.25) is 0 Å². The molecule has 0 aromatic heterocycles. The topological polar surface area (TPSA) is 76.7 Å². The first-order chi connectivity index (χ1) is 14.9. The van der Waals surface area contributed by atoms with Crippen molar-refractivity contribution >= 4 is 27.7 Å². The Hall–Kier alpha value is -3.32. The first-order valence-electron chi connectivity index (χ1n) is 9.72. The molecule has 6 nitrogen and oxygen atoms in total. The van der Waals surface area contributed by atoms with Crippen molar-refractivity contribution in [3.05, 3.63) is 82.8 Å². The molecule has 3 aromatic carbocycles. The fraction of sp³-hybridized carbons (Fsp3) is 0.167. The molecule has 31 heavy (non-hydrogen) atoms. The maximum Gasteiger partial charge on any atom is 0.279 e. The fourth-order valence-electron chi connectivity index (χ4n) is 2.74. The van der Waals surface area contributed by atoms with Gasteiger partial charge < -0.3 is 9.47 Å². The summed E-state index contributed by atoms with van der Waals surface area (Å²) in [6, 6.07) is 22.8. The summed E-state index contributed by atoms with van der Waals surface area (Å²) in [5, 5.41) is 0. The van der Waals surface area contributed by atoms with Crippen molar-refractivity contribution in [1.29, 1.82) is 0 Å². The highest BCUT2D eigenvalue weighted by Crippen LogP contribution is 2.23. The van der Waals surface area contributed by atoms with E-state index < -0.39 is 17.9 Å². The Kier molecular flexibility index (Phi) is 7.67. The Balaban J connectivity index is 1.43. The molecule has 0 aliphatic carbocycles. The van der Waals surface area contributed by atoms with Gasteiger partial charge in [-0.2, -0.15) is 0 Å². The van der Waals surface area contributed by atoms with E-state index >= 15 is 0 Å². The van der Waals surface area contributed by atoms with Crippen molar-refractivity contribution in [3.8, 4) is 22.6 Å². The number of hydrazine groups is 1. The molecule has 0 radical (unpaired) electrons. The number of aryl methyl sites for hydroxylation is 1. The average Bonchev–Trinajstić information content (AvgIpc) is 2.79. The van der Waals surface area contributed by atoms with Gasteiger partial charge in [-0.15, -0.1) is 0 Å². The number of ether oxygens (including phenoxy) is 2. The van der Waals surface area contributed by atoms with E-state index in [4.69, 9.17) is 9.47 Å². The first kappa shape index (κ1) is 22.4. The molecule has 2 N–H and O–H groups in total. The molecule has 160 valence electrons. The minimum Gasteiger partial charge on any atom is -0.484 e. The van der Waals surface area contributed by atoms with E-state index in [0.29, 0.717) is 11.5 Å². The molecule has 3 rings (SSSR count). The lowest BCUT2D eigenvalue weighted by atomic mass is 10.1. The molecular formula is C24H23BrN2O4. The van der Waals surface area contributed by atoms with Gasteiger partial charge in [-0.25, -0.2) is 0 Å². The maximum absolute atomic E-state index is 12.2. The van der Waals surface area contributed by atoms with E-state index in [0.717, 1.165) is 21.2 Å². The summed E-state index contributed by atoms with van der Waals surface area (Å²) in [7, 11) is 0. The molecule has 7 heteroatoms. The van der Waals surface area contributed by atoms with Crippen LogP contribution in [-0.2, 0) is 9.59 Å². The van der Waals surface area contributed by atoms with Crippen LogP contribution in [0.15, 0.2) is 77.3 Å². The van der Waals surface area contributed by atoms with Crippen LogP contribution in [-0.4, -0.2) is 24.5 Å². The second-order valence-electron chi connectivity index (χ2n) is 6.89. The zero-order valence-electron chi connectivity index (χ0n) is 17.2. The number of benzene rings is 3. The summed E-state index contributed by atoms with van der Waals surface area (Å²) in [5.41, 5.74) is 7.82. The van der Waals surface area contributed by atoms with Gasteiger partial charge in [-0.05, 0) is 60.9 Å². The predicted molar refractivity (Wildman–Crippen MR) is 123 cm³/mol. The molecule has 0 heterocycles. The van der Waals surface area contributed by atoms with E-state index in [-0.39, 0.29) is 6.61 Å². The largest absolute Gasteiger partial charge is 0.484 e. The van der Waals surface area contributed by atoms with Crippen LogP contribution in [0.3, 0.4) is 0 Å². The van der Waals surface area contributed by atoms with Gasteiger partial charge >= 0.3 is 0 Å². The zero-order valence-corrected chi connectivity index (χ0v) is 18.8. The van der Waals surface area contributed by atoms with Gasteiger partial charge in [0, 0.05) is 4.47 Å². The van der Waals surface area contributed by atoms with Gasteiger partial charge in [0.05, 0.1) is 0 Å². The minimum absolute atomic E-state index is 0.225. The molecule has 0 spiro atoms. The number of nitrogens with one attached hydrogen (secondary N) is 2. The molecular weight excluding hydrogens is 460 g/mol. The van der Waals surface area contributed by atoms with Crippen LogP contribution in [0.1, 0.15) is 12.5 Å². The van der Waals surface area contributed by atoms with Crippen molar-refractivity contribution in [1.82, 2.24) is 10.9 Å². The Morgan fingerprint density at radius 1 is 0.903 bits per heavy atom. The summed E-state index contributed by atoms with van der Waals surface area (Å²) in [6.07, 6.45) is -0.794. The van der Waals surface area contributed by atoms with E-state index in [2.05, 4.69) is 26.8 Å². The third-order valence-corrected chi connectivity index (χ3v) is 5.36. The van der Waals surface area contributed by atoms with Crippen LogP contribution in [0.25, 0.3) is 11.1 Å². The van der Waals surface area contributed by atoms with Crippen molar-refractivity contribution < 1.29 is 19.1 Å². The van der Waals surface area contributed by atoms with Crippen molar-refractivity contribution in [2.75, 3.05) is 6.61 Å². The van der Waals surface area contributed by atoms with Crippen LogP contribution in [0.5, 0.6) is 11.5 Å². The van der Waals surface area contributed by atoms with E-state index in [1.165, 1.54) is 0 Å². The summed E-state index contributed by atoms with van der Waals surface area (Å²) < 4.78 is 12.0. The lowest BCUT2D eigenvalue weighted by molar-refractivity contribution is -0.133. The lowest BCUT2D eigenvalue weighted by Gasteiger charge is -2.15. The normalized spacial score (nSPS) is 11.3. The number of carbonyl (C=O) groups is 2. The van der Waals surface area contributed by atoms with Gasteiger partial charge in [0.1, 0.15) is 11.5 Å². The Morgan fingerprint density at radius 3 is 2.23 bits per heavy atom. The molecule has 1 unspecified atom stereocenters. The van der Waals surface area contributed by atoms with Gasteiger partial charge in [-0.3, -0.25) is 20.4 Å². The monoisotopic (exact) mass is 482 g/mol. The maximum atomic E-state index is 12.2. The molecule has 2 amide bonds. The number of rotatable bonds is 7. The third kappa shape index (κ3) is 6.58. The standard InChI is InChI=1S/C24H23BrN2O4/c1-16-14-21(12-13-22(16)25)30-15-23(28)26-27-24(29)17(2)31-20-10-8-19(9-11-20)18-6-4-3-5-7-18/h3-14,17H,15H2,1-2H3,(H,26,28)(H,27,29).